The maximum Gasteiger partial charge on any atom is 0.268 e. The molecule has 1 aromatic heterocycles. The maximum absolute atomic E-state index is 12.8. The van der Waals surface area contributed by atoms with Crippen LogP contribution in [0.15, 0.2) is 57.9 Å². The minimum Gasteiger partial charge on any atom is -0.351 e. The summed E-state index contributed by atoms with van der Waals surface area (Å²) in [6.45, 7) is 7.75. The van der Waals surface area contributed by atoms with Crippen LogP contribution in [0, 0.1) is 0 Å². The van der Waals surface area contributed by atoms with Crippen molar-refractivity contribution < 1.29 is 4.79 Å². The van der Waals surface area contributed by atoms with Crippen LogP contribution >= 0.6 is 15.9 Å². The van der Waals surface area contributed by atoms with Crippen molar-refractivity contribution in [1.82, 2.24) is 14.8 Å². The van der Waals surface area contributed by atoms with Gasteiger partial charge in [-0.15, -0.1) is 0 Å². The van der Waals surface area contributed by atoms with E-state index in [1.54, 1.807) is 24.4 Å². The zero-order chi connectivity index (χ0) is 19.6. The molecule has 144 valence electrons. The van der Waals surface area contributed by atoms with Gasteiger partial charge in [0, 0.05) is 23.3 Å². The fourth-order valence-electron chi connectivity index (χ4n) is 2.76. The van der Waals surface area contributed by atoms with Crippen molar-refractivity contribution in [2.45, 2.75) is 20.3 Å². The molecule has 0 aliphatic carbocycles. The minimum atomic E-state index is -0.261. The standard InChI is InChI=1S/C21H26BrN3O2/c1-3-24(4-2)13-8-12-23-21(27)19(25-14-6-5-11-20(25)26)16-17-9-7-10-18(22)15-17/h5-7,9-11,14-16H,3-4,8,12-13H2,1-2H3,(H,23,27). The van der Waals surface area contributed by atoms with Crippen LogP contribution in [0.5, 0.6) is 0 Å². The van der Waals surface area contributed by atoms with Gasteiger partial charge in [0.2, 0.25) is 0 Å². The molecule has 0 radical (unpaired) electrons. The van der Waals surface area contributed by atoms with Gasteiger partial charge in [0.1, 0.15) is 5.70 Å². The van der Waals surface area contributed by atoms with Crippen LogP contribution in [0.4, 0.5) is 0 Å². The topological polar surface area (TPSA) is 54.3 Å². The van der Waals surface area contributed by atoms with Gasteiger partial charge in [-0.05, 0) is 55.9 Å². The Morgan fingerprint density at radius 2 is 1.96 bits per heavy atom. The second-order valence-electron chi connectivity index (χ2n) is 6.13. The summed E-state index contributed by atoms with van der Waals surface area (Å²) in [6.07, 6.45) is 4.20. The lowest BCUT2D eigenvalue weighted by Gasteiger charge is -2.18. The molecule has 1 N–H and O–H groups in total. The molecule has 2 rings (SSSR count). The predicted molar refractivity (Wildman–Crippen MR) is 114 cm³/mol. The van der Waals surface area contributed by atoms with E-state index in [0.717, 1.165) is 36.1 Å². The summed E-state index contributed by atoms with van der Waals surface area (Å²) in [7, 11) is 0. The highest BCUT2D eigenvalue weighted by Crippen LogP contribution is 2.16. The molecule has 0 aliphatic heterocycles. The fourth-order valence-corrected chi connectivity index (χ4v) is 3.18. The highest BCUT2D eigenvalue weighted by atomic mass is 79.9. The first-order valence-electron chi connectivity index (χ1n) is 9.21. The third kappa shape index (κ3) is 6.48. The van der Waals surface area contributed by atoms with Crippen LogP contribution in [-0.4, -0.2) is 41.6 Å². The Bertz CT molecular complexity index is 841. The summed E-state index contributed by atoms with van der Waals surface area (Å²) < 4.78 is 2.29. The molecular weight excluding hydrogens is 406 g/mol. The molecule has 5 nitrogen and oxygen atoms in total. The van der Waals surface area contributed by atoms with Crippen LogP contribution in [-0.2, 0) is 4.79 Å². The summed E-state index contributed by atoms with van der Waals surface area (Å²) in [4.78, 5) is 27.4. The van der Waals surface area contributed by atoms with Crippen LogP contribution in [0.25, 0.3) is 11.8 Å². The van der Waals surface area contributed by atoms with Crippen molar-refractivity contribution >= 4 is 33.6 Å². The molecule has 27 heavy (non-hydrogen) atoms. The highest BCUT2D eigenvalue weighted by Gasteiger charge is 2.13. The molecule has 0 spiro atoms. The van der Waals surface area contributed by atoms with E-state index in [4.69, 9.17) is 0 Å². The number of aromatic nitrogens is 1. The Hall–Kier alpha value is -2.18. The van der Waals surface area contributed by atoms with Gasteiger partial charge < -0.3 is 10.2 Å². The van der Waals surface area contributed by atoms with Gasteiger partial charge in [0.05, 0.1) is 0 Å². The number of rotatable bonds is 9. The average molecular weight is 432 g/mol. The molecule has 1 aromatic carbocycles. The van der Waals surface area contributed by atoms with Crippen molar-refractivity contribution in [2.24, 2.45) is 0 Å². The van der Waals surface area contributed by atoms with E-state index in [9.17, 15) is 9.59 Å². The van der Waals surface area contributed by atoms with Gasteiger partial charge in [-0.2, -0.15) is 0 Å². The summed E-state index contributed by atoms with van der Waals surface area (Å²) in [5, 5.41) is 2.94. The molecule has 0 atom stereocenters. The van der Waals surface area contributed by atoms with Gasteiger partial charge in [-0.1, -0.05) is 48.0 Å². The number of pyridine rings is 1. The Morgan fingerprint density at radius 1 is 1.19 bits per heavy atom. The number of nitrogens with one attached hydrogen (secondary N) is 1. The normalized spacial score (nSPS) is 11.6. The Morgan fingerprint density at radius 3 is 2.63 bits per heavy atom. The zero-order valence-electron chi connectivity index (χ0n) is 15.8. The maximum atomic E-state index is 12.8. The number of hydrogen-bond donors (Lipinski definition) is 1. The van der Waals surface area contributed by atoms with E-state index in [-0.39, 0.29) is 11.5 Å². The molecule has 0 saturated heterocycles. The van der Waals surface area contributed by atoms with Crippen molar-refractivity contribution in [2.75, 3.05) is 26.2 Å². The number of carbonyl (C=O) groups excluding carboxylic acids is 1. The Labute approximate surface area is 168 Å². The zero-order valence-corrected chi connectivity index (χ0v) is 17.4. The summed E-state index contributed by atoms with van der Waals surface area (Å²) >= 11 is 3.44. The lowest BCUT2D eigenvalue weighted by Crippen LogP contribution is -2.33. The number of halogens is 1. The van der Waals surface area contributed by atoms with E-state index in [1.165, 1.54) is 10.6 Å². The van der Waals surface area contributed by atoms with Crippen LogP contribution in [0.1, 0.15) is 25.8 Å². The van der Waals surface area contributed by atoms with Gasteiger partial charge in [0.25, 0.3) is 11.5 Å². The van der Waals surface area contributed by atoms with Crippen LogP contribution in [0.3, 0.4) is 0 Å². The number of carbonyl (C=O) groups is 1. The summed E-state index contributed by atoms with van der Waals surface area (Å²) in [5.74, 6) is -0.261. The number of nitrogens with zero attached hydrogens (tertiary/aromatic N) is 2. The monoisotopic (exact) mass is 431 g/mol. The van der Waals surface area contributed by atoms with E-state index >= 15 is 0 Å². The average Bonchev–Trinajstić information content (AvgIpc) is 2.67. The van der Waals surface area contributed by atoms with E-state index in [1.807, 2.05) is 24.3 Å². The van der Waals surface area contributed by atoms with Gasteiger partial charge in [-0.25, -0.2) is 0 Å². The van der Waals surface area contributed by atoms with E-state index in [2.05, 4.69) is 40.0 Å². The fraction of sp³-hybridized carbons (Fsp3) is 0.333. The largest absolute Gasteiger partial charge is 0.351 e. The smallest absolute Gasteiger partial charge is 0.268 e. The van der Waals surface area contributed by atoms with Gasteiger partial charge >= 0.3 is 0 Å². The molecule has 0 saturated carbocycles. The molecule has 0 fully saturated rings. The predicted octanol–water partition coefficient (Wildman–Crippen LogP) is 3.46. The van der Waals surface area contributed by atoms with Crippen molar-refractivity contribution in [1.29, 1.82) is 0 Å². The molecule has 0 bridgehead atoms. The van der Waals surface area contributed by atoms with E-state index in [0.29, 0.717) is 12.2 Å². The van der Waals surface area contributed by atoms with Gasteiger partial charge in [-0.3, -0.25) is 14.2 Å². The first kappa shape index (κ1) is 21.1. The molecule has 0 unspecified atom stereocenters. The van der Waals surface area contributed by atoms with Crippen LogP contribution < -0.4 is 10.9 Å². The SMILES string of the molecule is CCN(CC)CCCNC(=O)C(=Cc1cccc(Br)c1)n1ccccc1=O. The molecule has 1 amide bonds. The molecule has 6 heteroatoms. The molecule has 2 aromatic rings. The highest BCUT2D eigenvalue weighted by molar-refractivity contribution is 9.10. The first-order valence-corrected chi connectivity index (χ1v) is 10.00. The third-order valence-electron chi connectivity index (χ3n) is 4.30. The van der Waals surface area contributed by atoms with Gasteiger partial charge in [0.15, 0.2) is 0 Å². The van der Waals surface area contributed by atoms with E-state index < -0.39 is 0 Å². The third-order valence-corrected chi connectivity index (χ3v) is 4.79. The lowest BCUT2D eigenvalue weighted by molar-refractivity contribution is -0.115. The summed E-state index contributed by atoms with van der Waals surface area (Å²) in [6, 6.07) is 12.5. The lowest BCUT2D eigenvalue weighted by atomic mass is 10.2. The number of hydrogen-bond acceptors (Lipinski definition) is 3. The molecule has 1 heterocycles. The molecular formula is C21H26BrN3O2. The number of benzene rings is 1. The summed E-state index contributed by atoms with van der Waals surface area (Å²) in [5.41, 5.74) is 0.909. The van der Waals surface area contributed by atoms with Crippen molar-refractivity contribution in [3.8, 4) is 0 Å². The van der Waals surface area contributed by atoms with Crippen molar-refractivity contribution in [3.63, 3.8) is 0 Å². The quantitative estimate of drug-likeness (QED) is 0.488. The number of amides is 1. The minimum absolute atomic E-state index is 0.239. The molecule has 0 aliphatic rings. The Kier molecular flexibility index (Phi) is 8.48. The second kappa shape index (κ2) is 10.8. The Balaban J connectivity index is 2.19. The van der Waals surface area contributed by atoms with Crippen molar-refractivity contribution in [3.05, 3.63) is 69.1 Å². The first-order chi connectivity index (χ1) is 13.0. The van der Waals surface area contributed by atoms with Crippen LogP contribution in [0.2, 0.25) is 0 Å². The second-order valence-corrected chi connectivity index (χ2v) is 7.05.